The molecule has 0 aromatic carbocycles. The zero-order valence-electron chi connectivity index (χ0n) is 8.04. The molecule has 0 aromatic rings. The van der Waals surface area contributed by atoms with Crippen LogP contribution in [0.1, 0.15) is 26.2 Å². The largest absolute Gasteiger partial charge is 0.463 e. The molecule has 1 heterocycles. The van der Waals surface area contributed by atoms with Gasteiger partial charge in [0.15, 0.2) is 0 Å². The van der Waals surface area contributed by atoms with Crippen LogP contribution >= 0.6 is 0 Å². The van der Waals surface area contributed by atoms with E-state index in [-0.39, 0.29) is 11.6 Å². The van der Waals surface area contributed by atoms with E-state index in [2.05, 4.69) is 13.5 Å². The molecule has 0 spiro atoms. The lowest BCUT2D eigenvalue weighted by Gasteiger charge is -2.04. The highest BCUT2D eigenvalue weighted by Gasteiger charge is 2.37. The average Bonchev–Trinajstić information content (AvgIpc) is 2.83. The van der Waals surface area contributed by atoms with Gasteiger partial charge in [-0.25, -0.2) is 4.79 Å². The Balaban J connectivity index is 1.89. The zero-order valence-corrected chi connectivity index (χ0v) is 8.04. The minimum Gasteiger partial charge on any atom is -0.463 e. The highest BCUT2D eigenvalue weighted by atomic mass is 16.6. The summed E-state index contributed by atoms with van der Waals surface area (Å²) in [6, 6.07) is 0. The van der Waals surface area contributed by atoms with E-state index in [0.717, 1.165) is 25.9 Å². The number of ether oxygens (including phenoxy) is 2. The first-order valence-electron chi connectivity index (χ1n) is 4.59. The van der Waals surface area contributed by atoms with Gasteiger partial charge in [-0.15, -0.1) is 0 Å². The third kappa shape index (κ3) is 4.08. The lowest BCUT2D eigenvalue weighted by Crippen LogP contribution is -2.06. The maximum Gasteiger partial charge on any atom is 0.330 e. The van der Waals surface area contributed by atoms with E-state index in [1.807, 2.05) is 0 Å². The predicted molar refractivity (Wildman–Crippen MR) is 49.4 cm³/mol. The van der Waals surface area contributed by atoms with Gasteiger partial charge in [0.1, 0.15) is 0 Å². The van der Waals surface area contributed by atoms with Gasteiger partial charge in [0.25, 0.3) is 0 Å². The van der Waals surface area contributed by atoms with Crippen LogP contribution in [0, 0.1) is 0 Å². The minimum atomic E-state index is -0.339. The number of esters is 1. The van der Waals surface area contributed by atoms with Crippen molar-refractivity contribution >= 4 is 5.97 Å². The van der Waals surface area contributed by atoms with E-state index < -0.39 is 0 Å². The van der Waals surface area contributed by atoms with E-state index in [0.29, 0.717) is 6.61 Å². The van der Waals surface area contributed by atoms with E-state index in [9.17, 15) is 4.79 Å². The van der Waals surface area contributed by atoms with Crippen molar-refractivity contribution < 1.29 is 14.3 Å². The normalized spacial score (nSPS) is 25.3. The Morgan fingerprint density at radius 3 is 2.92 bits per heavy atom. The number of rotatable bonds is 6. The minimum absolute atomic E-state index is 0.127. The van der Waals surface area contributed by atoms with Crippen molar-refractivity contribution in [2.45, 2.75) is 31.8 Å². The second-order valence-electron chi connectivity index (χ2n) is 3.57. The maximum absolute atomic E-state index is 10.6. The van der Waals surface area contributed by atoms with Crippen molar-refractivity contribution in [2.75, 3.05) is 13.2 Å². The van der Waals surface area contributed by atoms with Crippen LogP contribution in [-0.2, 0) is 14.3 Å². The highest BCUT2D eigenvalue weighted by Crippen LogP contribution is 2.31. The summed E-state index contributed by atoms with van der Waals surface area (Å²) in [6.07, 6.45) is 4.18. The SMILES string of the molecule is C=CC(=O)OCCCCC1(C)CO1. The summed E-state index contributed by atoms with van der Waals surface area (Å²) in [5.41, 5.74) is 0.127. The Bertz CT molecular complexity index is 194. The molecule has 1 saturated heterocycles. The molecule has 0 aliphatic carbocycles. The number of hydrogen-bond acceptors (Lipinski definition) is 3. The molecule has 0 radical (unpaired) electrons. The fourth-order valence-electron chi connectivity index (χ4n) is 1.10. The van der Waals surface area contributed by atoms with E-state index in [1.165, 1.54) is 6.08 Å². The van der Waals surface area contributed by atoms with Crippen LogP contribution in [0.25, 0.3) is 0 Å². The van der Waals surface area contributed by atoms with Gasteiger partial charge in [0.05, 0.1) is 18.8 Å². The van der Waals surface area contributed by atoms with Crippen LogP contribution in [0.2, 0.25) is 0 Å². The molecule has 74 valence electrons. The molecule has 1 fully saturated rings. The zero-order chi connectivity index (χ0) is 9.73. The van der Waals surface area contributed by atoms with Crippen LogP contribution in [0.3, 0.4) is 0 Å². The molecule has 0 amide bonds. The molecule has 1 aliphatic heterocycles. The van der Waals surface area contributed by atoms with Gasteiger partial charge in [-0.1, -0.05) is 6.58 Å². The van der Waals surface area contributed by atoms with Crippen LogP contribution in [0.15, 0.2) is 12.7 Å². The van der Waals surface area contributed by atoms with Crippen LogP contribution in [-0.4, -0.2) is 24.8 Å². The predicted octanol–water partition coefficient (Wildman–Crippen LogP) is 1.67. The van der Waals surface area contributed by atoms with E-state index >= 15 is 0 Å². The standard InChI is InChI=1S/C10H16O3/c1-3-9(11)12-7-5-4-6-10(2)8-13-10/h3H,1,4-8H2,2H3. The number of carbonyl (C=O) groups excluding carboxylic acids is 1. The fraction of sp³-hybridized carbons (Fsp3) is 0.700. The Labute approximate surface area is 78.7 Å². The summed E-state index contributed by atoms with van der Waals surface area (Å²) in [7, 11) is 0. The summed E-state index contributed by atoms with van der Waals surface area (Å²) in [5.74, 6) is -0.339. The van der Waals surface area contributed by atoms with Gasteiger partial charge >= 0.3 is 5.97 Å². The van der Waals surface area contributed by atoms with Crippen molar-refractivity contribution in [3.63, 3.8) is 0 Å². The van der Waals surface area contributed by atoms with Gasteiger partial charge < -0.3 is 9.47 Å². The van der Waals surface area contributed by atoms with Gasteiger partial charge in [0.2, 0.25) is 0 Å². The van der Waals surface area contributed by atoms with Gasteiger partial charge in [-0.2, -0.15) is 0 Å². The monoisotopic (exact) mass is 184 g/mol. The third-order valence-corrected chi connectivity index (χ3v) is 2.15. The van der Waals surface area contributed by atoms with Crippen molar-refractivity contribution in [1.29, 1.82) is 0 Å². The summed E-state index contributed by atoms with van der Waals surface area (Å²) >= 11 is 0. The maximum atomic E-state index is 10.6. The Morgan fingerprint density at radius 1 is 1.69 bits per heavy atom. The molecule has 0 saturated carbocycles. The number of unbranched alkanes of at least 4 members (excludes halogenated alkanes) is 1. The quantitative estimate of drug-likeness (QED) is 0.273. The first-order valence-corrected chi connectivity index (χ1v) is 4.59. The van der Waals surface area contributed by atoms with Crippen LogP contribution < -0.4 is 0 Å². The van der Waals surface area contributed by atoms with Gasteiger partial charge in [-0.05, 0) is 26.2 Å². The molecule has 3 nitrogen and oxygen atoms in total. The number of epoxide rings is 1. The molecule has 1 atom stereocenters. The fourth-order valence-corrected chi connectivity index (χ4v) is 1.10. The number of carbonyl (C=O) groups is 1. The molecule has 0 aromatic heterocycles. The molecule has 0 N–H and O–H groups in total. The molecular weight excluding hydrogens is 168 g/mol. The second kappa shape index (κ2) is 4.42. The van der Waals surface area contributed by atoms with Crippen molar-refractivity contribution in [1.82, 2.24) is 0 Å². The molecule has 1 unspecified atom stereocenters. The Hall–Kier alpha value is -0.830. The van der Waals surface area contributed by atoms with Crippen molar-refractivity contribution in [3.8, 4) is 0 Å². The second-order valence-corrected chi connectivity index (χ2v) is 3.57. The smallest absolute Gasteiger partial charge is 0.330 e. The molecule has 1 rings (SSSR count). The van der Waals surface area contributed by atoms with Gasteiger partial charge in [-0.3, -0.25) is 0 Å². The highest BCUT2D eigenvalue weighted by molar-refractivity contribution is 5.81. The lowest BCUT2D eigenvalue weighted by molar-refractivity contribution is -0.137. The lowest BCUT2D eigenvalue weighted by atomic mass is 10.1. The molecule has 0 bridgehead atoms. The Kier molecular flexibility index (Phi) is 3.48. The molecular formula is C10H16O3. The van der Waals surface area contributed by atoms with Crippen molar-refractivity contribution in [2.24, 2.45) is 0 Å². The van der Waals surface area contributed by atoms with Crippen molar-refractivity contribution in [3.05, 3.63) is 12.7 Å². The van der Waals surface area contributed by atoms with Gasteiger partial charge in [0, 0.05) is 6.08 Å². The summed E-state index contributed by atoms with van der Waals surface area (Å²) in [5, 5.41) is 0. The molecule has 1 aliphatic rings. The van der Waals surface area contributed by atoms with E-state index in [1.54, 1.807) is 0 Å². The molecule has 13 heavy (non-hydrogen) atoms. The number of hydrogen-bond donors (Lipinski definition) is 0. The topological polar surface area (TPSA) is 38.8 Å². The summed E-state index contributed by atoms with van der Waals surface area (Å²) in [4.78, 5) is 10.6. The summed E-state index contributed by atoms with van der Waals surface area (Å²) < 4.78 is 10.0. The van der Waals surface area contributed by atoms with E-state index in [4.69, 9.17) is 9.47 Å². The molecule has 3 heteroatoms. The third-order valence-electron chi connectivity index (χ3n) is 2.15. The first-order chi connectivity index (χ1) is 6.16. The first kappa shape index (κ1) is 10.3. The summed E-state index contributed by atoms with van der Waals surface area (Å²) in [6.45, 7) is 6.78. The Morgan fingerprint density at radius 2 is 2.38 bits per heavy atom. The van der Waals surface area contributed by atoms with Crippen LogP contribution in [0.4, 0.5) is 0 Å². The average molecular weight is 184 g/mol. The van der Waals surface area contributed by atoms with Crippen LogP contribution in [0.5, 0.6) is 0 Å².